The maximum Gasteiger partial charge on any atom is 0.258 e. The van der Waals surface area contributed by atoms with Crippen LogP contribution in [0.4, 0.5) is 0 Å². The largest absolute Gasteiger partial charge is 0.344 e. The van der Waals surface area contributed by atoms with Crippen LogP contribution in [-0.2, 0) is 22.4 Å². The summed E-state index contributed by atoms with van der Waals surface area (Å²) in [6.45, 7) is 4.15. The first-order valence-corrected chi connectivity index (χ1v) is 5.84. The molecule has 4 nitrogen and oxygen atoms in total. The summed E-state index contributed by atoms with van der Waals surface area (Å²) in [4.78, 5) is 22.8. The molecule has 0 radical (unpaired) electrons. The summed E-state index contributed by atoms with van der Waals surface area (Å²) >= 11 is 0. The van der Waals surface area contributed by atoms with Crippen molar-refractivity contribution in [3.63, 3.8) is 0 Å². The van der Waals surface area contributed by atoms with Crippen LogP contribution in [0.2, 0.25) is 0 Å². The number of carbonyl (C=O) groups is 2. The lowest BCUT2D eigenvalue weighted by Gasteiger charge is -2.09. The molecular formula is C14H18N2O2. The molecule has 2 rings (SSSR count). The molecule has 1 aliphatic heterocycles. The second-order valence-corrected chi connectivity index (χ2v) is 4.07. The van der Waals surface area contributed by atoms with Crippen LogP contribution >= 0.6 is 0 Å². The summed E-state index contributed by atoms with van der Waals surface area (Å²) in [6, 6.07) is 6.04. The van der Waals surface area contributed by atoms with Crippen LogP contribution < -0.4 is 11.5 Å². The minimum atomic E-state index is -0.327. The predicted octanol–water partition coefficient (Wildman–Crippen LogP) is 2.01. The van der Waals surface area contributed by atoms with Crippen LogP contribution in [0, 0.1) is 0 Å². The van der Waals surface area contributed by atoms with E-state index in [1.54, 1.807) is 0 Å². The van der Waals surface area contributed by atoms with Crippen molar-refractivity contribution in [1.82, 2.24) is 11.5 Å². The fourth-order valence-corrected chi connectivity index (χ4v) is 2.03. The third kappa shape index (κ3) is 2.49. The van der Waals surface area contributed by atoms with Gasteiger partial charge in [0, 0.05) is 6.08 Å². The lowest BCUT2D eigenvalue weighted by atomic mass is 9.95. The van der Waals surface area contributed by atoms with Crippen molar-refractivity contribution in [2.24, 2.45) is 0 Å². The van der Waals surface area contributed by atoms with Gasteiger partial charge in [0.15, 0.2) is 0 Å². The summed E-state index contributed by atoms with van der Waals surface area (Å²) in [5.41, 5.74) is 3.71. The lowest BCUT2D eigenvalue weighted by molar-refractivity contribution is -0.123. The molecule has 4 N–H and O–H groups in total. The van der Waals surface area contributed by atoms with Crippen molar-refractivity contribution in [1.29, 1.82) is 0 Å². The van der Waals surface area contributed by atoms with E-state index in [1.165, 1.54) is 11.6 Å². The van der Waals surface area contributed by atoms with Gasteiger partial charge in [-0.05, 0) is 29.5 Å². The van der Waals surface area contributed by atoms with E-state index < -0.39 is 0 Å². The molecule has 0 saturated heterocycles. The molecule has 0 aromatic heterocycles. The Hall–Kier alpha value is -1.94. The molecule has 1 aromatic carbocycles. The van der Waals surface area contributed by atoms with Gasteiger partial charge in [-0.15, -0.1) is 0 Å². The van der Waals surface area contributed by atoms with Gasteiger partial charge in [-0.1, -0.05) is 32.0 Å². The number of hydrogen-bond donors (Lipinski definition) is 2. The maximum absolute atomic E-state index is 11.6. The Morgan fingerprint density at radius 1 is 1.11 bits per heavy atom. The van der Waals surface area contributed by atoms with Gasteiger partial charge in [0.25, 0.3) is 11.8 Å². The normalized spacial score (nSPS) is 14.0. The Morgan fingerprint density at radius 2 is 1.83 bits per heavy atom. The number of carbonyl (C=O) groups excluding carboxylic acids is 2. The zero-order valence-electron chi connectivity index (χ0n) is 10.7. The first kappa shape index (κ1) is 14.1. The highest BCUT2D eigenvalue weighted by Crippen LogP contribution is 2.24. The van der Waals surface area contributed by atoms with Crippen molar-refractivity contribution in [3.05, 3.63) is 41.0 Å². The molecule has 1 aliphatic rings. The Kier molecular flexibility index (Phi) is 4.39. The predicted molar refractivity (Wildman–Crippen MR) is 71.3 cm³/mol. The molecule has 0 atom stereocenters. The van der Waals surface area contributed by atoms with Gasteiger partial charge in [-0.2, -0.15) is 0 Å². The van der Waals surface area contributed by atoms with E-state index in [0.29, 0.717) is 5.57 Å². The van der Waals surface area contributed by atoms with Gasteiger partial charge in [-0.25, -0.2) is 0 Å². The van der Waals surface area contributed by atoms with Crippen LogP contribution in [0.5, 0.6) is 0 Å². The molecule has 1 heterocycles. The number of imide groups is 1. The Morgan fingerprint density at radius 3 is 2.33 bits per heavy atom. The molecule has 0 spiro atoms. The Balaban J connectivity index is 0.00000162. The number of benzene rings is 1. The molecule has 4 heteroatoms. The van der Waals surface area contributed by atoms with Crippen molar-refractivity contribution in [2.45, 2.75) is 26.7 Å². The molecule has 0 unspecified atom stereocenters. The molecule has 0 saturated carbocycles. The number of amides is 2. The highest BCUT2D eigenvalue weighted by atomic mass is 16.2. The number of rotatable bonds is 3. The van der Waals surface area contributed by atoms with Gasteiger partial charge < -0.3 is 6.15 Å². The average Bonchev–Trinajstić information content (AvgIpc) is 2.67. The van der Waals surface area contributed by atoms with E-state index in [4.69, 9.17) is 0 Å². The third-order valence-electron chi connectivity index (χ3n) is 3.01. The van der Waals surface area contributed by atoms with Crippen molar-refractivity contribution < 1.29 is 9.59 Å². The summed E-state index contributed by atoms with van der Waals surface area (Å²) in [6.07, 6.45) is 3.20. The van der Waals surface area contributed by atoms with Crippen LogP contribution in [-0.4, -0.2) is 11.8 Å². The van der Waals surface area contributed by atoms with E-state index in [2.05, 4.69) is 18.3 Å². The number of nitrogens with one attached hydrogen (secondary N) is 1. The van der Waals surface area contributed by atoms with Crippen LogP contribution in [0.25, 0.3) is 5.57 Å². The Bertz CT molecular complexity index is 519. The zero-order chi connectivity index (χ0) is 12.4. The van der Waals surface area contributed by atoms with Gasteiger partial charge >= 0.3 is 0 Å². The SMILES string of the molecule is CCc1ccc(C2=CC(=O)NC2=O)c(CC)c1.N. The fraction of sp³-hybridized carbons (Fsp3) is 0.286. The second-order valence-electron chi connectivity index (χ2n) is 4.07. The number of hydrogen-bond acceptors (Lipinski definition) is 3. The standard InChI is InChI=1S/C14H15NO2.H3N/c1-3-9-5-6-11(10(4-2)7-9)12-8-13(16)15-14(12)17;/h5-8H,3-4H2,1-2H3,(H,15,16,17);1H3. The highest BCUT2D eigenvalue weighted by Gasteiger charge is 2.23. The van der Waals surface area contributed by atoms with Crippen molar-refractivity contribution in [3.8, 4) is 0 Å². The molecule has 0 fully saturated rings. The van der Waals surface area contributed by atoms with Gasteiger partial charge in [0.2, 0.25) is 0 Å². The summed E-state index contributed by atoms with van der Waals surface area (Å²) < 4.78 is 0. The average molecular weight is 246 g/mol. The molecule has 0 bridgehead atoms. The lowest BCUT2D eigenvalue weighted by Crippen LogP contribution is -2.22. The molecule has 0 aliphatic carbocycles. The first-order valence-electron chi connectivity index (χ1n) is 5.84. The van der Waals surface area contributed by atoms with Crippen LogP contribution in [0.3, 0.4) is 0 Å². The minimum Gasteiger partial charge on any atom is -0.344 e. The van der Waals surface area contributed by atoms with Gasteiger partial charge in [0.05, 0.1) is 5.57 Å². The zero-order valence-corrected chi connectivity index (χ0v) is 10.7. The van der Waals surface area contributed by atoms with E-state index in [0.717, 1.165) is 24.0 Å². The quantitative estimate of drug-likeness (QED) is 0.800. The fourth-order valence-electron chi connectivity index (χ4n) is 2.03. The first-order chi connectivity index (χ1) is 8.15. The van der Waals surface area contributed by atoms with E-state index in [1.807, 2.05) is 19.1 Å². The van der Waals surface area contributed by atoms with E-state index >= 15 is 0 Å². The monoisotopic (exact) mass is 246 g/mol. The molecular weight excluding hydrogens is 228 g/mol. The van der Waals surface area contributed by atoms with Crippen molar-refractivity contribution >= 4 is 17.4 Å². The van der Waals surface area contributed by atoms with Crippen LogP contribution in [0.15, 0.2) is 24.3 Å². The summed E-state index contributed by atoms with van der Waals surface area (Å²) in [5.74, 6) is -0.624. The van der Waals surface area contributed by atoms with E-state index in [9.17, 15) is 9.59 Å². The number of aryl methyl sites for hydroxylation is 2. The second kappa shape index (κ2) is 5.60. The topological polar surface area (TPSA) is 81.2 Å². The van der Waals surface area contributed by atoms with Crippen LogP contribution in [0.1, 0.15) is 30.5 Å². The molecule has 18 heavy (non-hydrogen) atoms. The summed E-state index contributed by atoms with van der Waals surface area (Å²) in [5, 5.41) is 2.27. The highest BCUT2D eigenvalue weighted by molar-refractivity contribution is 6.33. The smallest absolute Gasteiger partial charge is 0.258 e. The molecule has 2 amide bonds. The van der Waals surface area contributed by atoms with E-state index in [-0.39, 0.29) is 18.0 Å². The van der Waals surface area contributed by atoms with Gasteiger partial charge in [0.1, 0.15) is 0 Å². The molecule has 1 aromatic rings. The van der Waals surface area contributed by atoms with Crippen molar-refractivity contribution in [2.75, 3.05) is 0 Å². The maximum atomic E-state index is 11.6. The van der Waals surface area contributed by atoms with Gasteiger partial charge in [-0.3, -0.25) is 14.9 Å². The minimum absolute atomic E-state index is 0. The molecule has 96 valence electrons. The third-order valence-corrected chi connectivity index (χ3v) is 3.01. The summed E-state index contributed by atoms with van der Waals surface area (Å²) in [7, 11) is 0. The Labute approximate surface area is 107 Å².